The van der Waals surface area contributed by atoms with Gasteiger partial charge in [-0.2, -0.15) is 13.2 Å². The summed E-state index contributed by atoms with van der Waals surface area (Å²) < 4.78 is 49.8. The molecule has 1 heterocycles. The van der Waals surface area contributed by atoms with E-state index >= 15 is 0 Å². The van der Waals surface area contributed by atoms with Crippen LogP contribution in [0, 0.1) is 0 Å². The summed E-state index contributed by atoms with van der Waals surface area (Å²) in [7, 11) is 0. The lowest BCUT2D eigenvalue weighted by molar-refractivity contribution is -0.137. The Morgan fingerprint density at radius 1 is 0.829 bits per heavy atom. The molecule has 0 unspecified atom stereocenters. The van der Waals surface area contributed by atoms with E-state index in [0.29, 0.717) is 11.4 Å². The van der Waals surface area contributed by atoms with Crippen LogP contribution in [0.5, 0.6) is 11.5 Å². The summed E-state index contributed by atoms with van der Waals surface area (Å²) in [4.78, 5) is 40.5. The minimum Gasteiger partial charge on any atom is -0.457 e. The smallest absolute Gasteiger partial charge is 0.417 e. The number of imide groups is 1. The lowest BCUT2D eigenvalue weighted by Crippen LogP contribution is -2.31. The number of hydrogen-bond acceptors (Lipinski definition) is 6. The summed E-state index contributed by atoms with van der Waals surface area (Å²) in [6.45, 7) is -0.0108. The Labute approximate surface area is 236 Å². The molecule has 41 heavy (non-hydrogen) atoms. The fourth-order valence-electron chi connectivity index (χ4n) is 3.37. The number of aromatic nitrogens is 1. The largest absolute Gasteiger partial charge is 0.457 e. The first kappa shape index (κ1) is 28.9. The zero-order valence-corrected chi connectivity index (χ0v) is 21.6. The van der Waals surface area contributed by atoms with Gasteiger partial charge in [0.25, 0.3) is 5.91 Å². The summed E-state index contributed by atoms with van der Waals surface area (Å²) in [5, 5.41) is 6.41. The van der Waals surface area contributed by atoms with Crippen LogP contribution in [0.15, 0.2) is 91.1 Å². The molecule has 9 nitrogen and oxygen atoms in total. The van der Waals surface area contributed by atoms with Crippen LogP contribution in [0.4, 0.5) is 34.1 Å². The molecule has 0 saturated carbocycles. The van der Waals surface area contributed by atoms with Gasteiger partial charge in [-0.25, -0.2) is 9.59 Å². The highest BCUT2D eigenvalue weighted by Gasteiger charge is 2.33. The van der Waals surface area contributed by atoms with Crippen LogP contribution in [0.25, 0.3) is 0 Å². The van der Waals surface area contributed by atoms with Crippen LogP contribution in [0.2, 0.25) is 5.02 Å². The second-order valence-corrected chi connectivity index (χ2v) is 8.70. The van der Waals surface area contributed by atoms with Crippen molar-refractivity contribution in [2.75, 3.05) is 10.6 Å². The Bertz CT molecular complexity index is 1550. The summed E-state index contributed by atoms with van der Waals surface area (Å²) in [6.07, 6.45) is -4.29. The lowest BCUT2D eigenvalue weighted by Gasteiger charge is -2.12. The van der Waals surface area contributed by atoms with Crippen molar-refractivity contribution in [1.82, 2.24) is 10.3 Å². The van der Waals surface area contributed by atoms with E-state index in [-0.39, 0.29) is 23.7 Å². The molecule has 0 saturated heterocycles. The number of nitrogens with zero attached hydrogens (tertiary/aromatic N) is 1. The third-order valence-electron chi connectivity index (χ3n) is 5.27. The molecule has 4 amide bonds. The number of carbonyl (C=O) groups excluding carboxylic acids is 3. The molecular weight excluding hydrogens is 565 g/mol. The molecule has 0 fully saturated rings. The highest BCUT2D eigenvalue weighted by Crippen LogP contribution is 2.36. The Morgan fingerprint density at radius 3 is 2.22 bits per heavy atom. The average Bonchev–Trinajstić information content (AvgIpc) is 2.94. The number of alkyl carbamates (subject to hydrolysis) is 1. The van der Waals surface area contributed by atoms with Crippen LogP contribution >= 0.6 is 11.6 Å². The van der Waals surface area contributed by atoms with E-state index < -0.39 is 34.8 Å². The van der Waals surface area contributed by atoms with Gasteiger partial charge in [0.1, 0.15) is 23.8 Å². The Morgan fingerprint density at radius 2 is 1.51 bits per heavy atom. The van der Waals surface area contributed by atoms with Gasteiger partial charge in [-0.15, -0.1) is 0 Å². The van der Waals surface area contributed by atoms with E-state index in [2.05, 4.69) is 20.9 Å². The number of anilines is 2. The van der Waals surface area contributed by atoms with Crippen molar-refractivity contribution in [2.45, 2.75) is 12.8 Å². The van der Waals surface area contributed by atoms with E-state index in [0.717, 1.165) is 17.7 Å². The normalized spacial score (nSPS) is 10.8. The SMILES string of the molecule is O=C(Nc1ccc(Oc2ccnc(C(=O)NC(=O)OCc3ccccc3)c2)cc1)Nc1ccc(Cl)c(C(F)(F)F)c1. The van der Waals surface area contributed by atoms with Crippen molar-refractivity contribution in [3.8, 4) is 11.5 Å². The summed E-state index contributed by atoms with van der Waals surface area (Å²) in [6, 6.07) is 20.0. The number of halogens is 4. The molecule has 0 aliphatic heterocycles. The first-order valence-electron chi connectivity index (χ1n) is 11.8. The van der Waals surface area contributed by atoms with Gasteiger partial charge in [-0.05, 0) is 54.1 Å². The van der Waals surface area contributed by atoms with Gasteiger partial charge in [-0.1, -0.05) is 41.9 Å². The third-order valence-corrected chi connectivity index (χ3v) is 5.60. The van der Waals surface area contributed by atoms with E-state index in [1.54, 1.807) is 24.3 Å². The van der Waals surface area contributed by atoms with E-state index in [4.69, 9.17) is 21.1 Å². The Kier molecular flexibility index (Phi) is 9.05. The Hall–Kier alpha value is -5.10. The molecule has 4 rings (SSSR count). The summed E-state index contributed by atoms with van der Waals surface area (Å²) in [5.74, 6) is -0.213. The zero-order valence-electron chi connectivity index (χ0n) is 20.9. The number of rotatable bonds is 7. The van der Waals surface area contributed by atoms with Crippen LogP contribution in [-0.2, 0) is 17.5 Å². The molecule has 1 aromatic heterocycles. The second kappa shape index (κ2) is 12.8. The van der Waals surface area contributed by atoms with Crippen molar-refractivity contribution in [3.63, 3.8) is 0 Å². The molecule has 0 atom stereocenters. The first-order chi connectivity index (χ1) is 19.6. The van der Waals surface area contributed by atoms with Crippen molar-refractivity contribution >= 4 is 41.0 Å². The number of alkyl halides is 3. The first-order valence-corrected chi connectivity index (χ1v) is 12.2. The van der Waals surface area contributed by atoms with Crippen molar-refractivity contribution in [3.05, 3.63) is 113 Å². The average molecular weight is 585 g/mol. The number of nitrogens with one attached hydrogen (secondary N) is 3. The number of ether oxygens (including phenoxy) is 2. The van der Waals surface area contributed by atoms with Crippen molar-refractivity contribution < 1.29 is 37.0 Å². The van der Waals surface area contributed by atoms with Gasteiger partial charge >= 0.3 is 18.3 Å². The molecule has 4 aromatic rings. The molecule has 0 aliphatic rings. The van der Waals surface area contributed by atoms with Crippen molar-refractivity contribution in [1.29, 1.82) is 0 Å². The molecule has 0 spiro atoms. The number of hydrogen-bond donors (Lipinski definition) is 3. The van der Waals surface area contributed by atoms with Crippen molar-refractivity contribution in [2.24, 2.45) is 0 Å². The number of pyridine rings is 1. The standard InChI is InChI=1S/C28H20ClF3N4O5/c29-23-11-8-19(14-22(23)28(30,31)32)35-26(38)34-18-6-9-20(10-7-18)41-21-12-13-33-24(15-21)25(37)36-27(39)40-16-17-4-2-1-3-5-17/h1-15H,16H2,(H2,34,35,38)(H,36,37,39). The maximum atomic E-state index is 13.0. The van der Waals surface area contributed by atoms with Crippen LogP contribution < -0.4 is 20.7 Å². The number of amides is 4. The molecule has 3 N–H and O–H groups in total. The van der Waals surface area contributed by atoms with E-state index in [9.17, 15) is 27.6 Å². The predicted molar refractivity (Wildman–Crippen MR) is 144 cm³/mol. The number of urea groups is 1. The van der Waals surface area contributed by atoms with Crippen LogP contribution in [0.1, 0.15) is 21.6 Å². The fourth-order valence-corrected chi connectivity index (χ4v) is 3.60. The Balaban J connectivity index is 1.30. The van der Waals surface area contributed by atoms with E-state index in [1.807, 2.05) is 6.07 Å². The molecule has 3 aromatic carbocycles. The number of benzene rings is 3. The van der Waals surface area contributed by atoms with Gasteiger partial charge in [0.15, 0.2) is 0 Å². The van der Waals surface area contributed by atoms with Crippen LogP contribution in [-0.4, -0.2) is 23.0 Å². The second-order valence-electron chi connectivity index (χ2n) is 8.29. The predicted octanol–water partition coefficient (Wildman–Crippen LogP) is 7.26. The minimum absolute atomic E-state index is 0.0108. The van der Waals surface area contributed by atoms with Gasteiger partial charge in [-0.3, -0.25) is 15.1 Å². The van der Waals surface area contributed by atoms with Gasteiger partial charge < -0.3 is 20.1 Å². The van der Waals surface area contributed by atoms with Gasteiger partial charge in [0.05, 0.1) is 10.6 Å². The molecular formula is C28H20ClF3N4O5. The fraction of sp³-hybridized carbons (Fsp3) is 0.0714. The lowest BCUT2D eigenvalue weighted by atomic mass is 10.2. The molecule has 13 heteroatoms. The van der Waals surface area contributed by atoms with Gasteiger partial charge in [0, 0.05) is 23.6 Å². The molecule has 0 radical (unpaired) electrons. The maximum Gasteiger partial charge on any atom is 0.417 e. The highest BCUT2D eigenvalue weighted by molar-refractivity contribution is 6.31. The monoisotopic (exact) mass is 584 g/mol. The van der Waals surface area contributed by atoms with Gasteiger partial charge in [0.2, 0.25) is 0 Å². The third kappa shape index (κ3) is 8.44. The molecule has 0 bridgehead atoms. The quantitative estimate of drug-likeness (QED) is 0.210. The maximum absolute atomic E-state index is 13.0. The molecule has 210 valence electrons. The van der Waals surface area contributed by atoms with E-state index in [1.165, 1.54) is 48.7 Å². The van der Waals surface area contributed by atoms with Crippen LogP contribution in [0.3, 0.4) is 0 Å². The summed E-state index contributed by atoms with van der Waals surface area (Å²) >= 11 is 5.59. The topological polar surface area (TPSA) is 119 Å². The highest BCUT2D eigenvalue weighted by atomic mass is 35.5. The minimum atomic E-state index is -4.67. The zero-order chi connectivity index (χ0) is 29.4. The molecule has 0 aliphatic carbocycles. The summed E-state index contributed by atoms with van der Waals surface area (Å²) in [5.41, 5.74) is -0.181. The number of carbonyl (C=O) groups is 3.